The van der Waals surface area contributed by atoms with Crippen LogP contribution >= 0.6 is 0 Å². The first kappa shape index (κ1) is 23.0. The molecule has 10 heteroatoms. The number of carbonyl (C=O) groups excluding carboxylic acids is 3. The van der Waals surface area contributed by atoms with E-state index in [-0.39, 0.29) is 18.2 Å². The van der Waals surface area contributed by atoms with Crippen molar-refractivity contribution in [2.45, 2.75) is 52.4 Å². The second-order valence-corrected chi connectivity index (χ2v) is 9.66. The minimum Gasteiger partial charge on any atom is -0.372 e. The van der Waals surface area contributed by atoms with E-state index in [1.54, 1.807) is 25.1 Å². The molecule has 4 amide bonds. The number of ether oxygens (including phenoxy) is 1. The first-order valence-corrected chi connectivity index (χ1v) is 11.5. The minimum absolute atomic E-state index is 0.0907. The van der Waals surface area contributed by atoms with Crippen LogP contribution in [0.1, 0.15) is 30.5 Å². The van der Waals surface area contributed by atoms with E-state index in [4.69, 9.17) is 4.74 Å². The summed E-state index contributed by atoms with van der Waals surface area (Å²) in [5, 5.41) is 13.9. The second-order valence-electron chi connectivity index (χ2n) is 9.66. The van der Waals surface area contributed by atoms with Gasteiger partial charge in [0.1, 0.15) is 0 Å². The largest absolute Gasteiger partial charge is 0.372 e. The molecule has 0 aromatic heterocycles. The topological polar surface area (TPSA) is 122 Å². The van der Waals surface area contributed by atoms with Gasteiger partial charge < -0.3 is 9.64 Å². The van der Waals surface area contributed by atoms with Crippen LogP contribution < -0.4 is 15.1 Å². The molecule has 0 radical (unpaired) electrons. The number of anilines is 2. The highest BCUT2D eigenvalue weighted by Crippen LogP contribution is 2.49. The third kappa shape index (κ3) is 3.31. The summed E-state index contributed by atoms with van der Waals surface area (Å²) in [5.41, 5.74) is 1.46. The molecule has 4 atom stereocenters. The zero-order valence-electron chi connectivity index (χ0n) is 19.9. The van der Waals surface area contributed by atoms with Crippen LogP contribution in [0.2, 0.25) is 0 Å². The average molecular weight is 479 g/mol. The van der Waals surface area contributed by atoms with Crippen LogP contribution in [-0.2, 0) is 20.7 Å². The Morgan fingerprint density at radius 2 is 1.80 bits per heavy atom. The number of carbonyl (C=O) groups is 3. The second kappa shape index (κ2) is 7.88. The van der Waals surface area contributed by atoms with E-state index >= 15 is 0 Å². The summed E-state index contributed by atoms with van der Waals surface area (Å²) >= 11 is 0. The number of barbiturate groups is 1. The van der Waals surface area contributed by atoms with Crippen molar-refractivity contribution in [3.8, 4) is 0 Å². The van der Waals surface area contributed by atoms with Gasteiger partial charge in [-0.3, -0.25) is 25.0 Å². The maximum absolute atomic E-state index is 14.3. The molecular weight excluding hydrogens is 452 g/mol. The van der Waals surface area contributed by atoms with Crippen molar-refractivity contribution >= 4 is 34.9 Å². The standard InChI is InChI=1S/C25H26N4O6/c1-13-5-7-19(14(2)9-13)28-23(31)25(22(30)26-24(28)32)11-17-10-18(29(33)34)6-8-20(17)27-12-15(3)35-16(4)21(25)27/h5-10,15-16,21H,11-12H2,1-4H3,(H,26,30,32). The van der Waals surface area contributed by atoms with E-state index in [0.29, 0.717) is 23.4 Å². The number of urea groups is 1. The van der Waals surface area contributed by atoms with E-state index in [0.717, 1.165) is 16.2 Å². The lowest BCUT2D eigenvalue weighted by molar-refractivity contribution is -0.384. The van der Waals surface area contributed by atoms with Gasteiger partial charge in [-0.15, -0.1) is 0 Å². The number of benzene rings is 2. The number of hydrogen-bond acceptors (Lipinski definition) is 7. The summed E-state index contributed by atoms with van der Waals surface area (Å²) in [4.78, 5) is 54.9. The van der Waals surface area contributed by atoms with Gasteiger partial charge in [-0.1, -0.05) is 17.7 Å². The molecule has 10 nitrogen and oxygen atoms in total. The highest BCUT2D eigenvalue weighted by Gasteiger charge is 2.65. The fraction of sp³-hybridized carbons (Fsp3) is 0.400. The van der Waals surface area contributed by atoms with Gasteiger partial charge in [0.15, 0.2) is 5.41 Å². The number of fused-ring (bicyclic) bond motifs is 4. The molecule has 5 rings (SSSR count). The lowest BCUT2D eigenvalue weighted by atomic mass is 9.66. The summed E-state index contributed by atoms with van der Waals surface area (Å²) in [6.45, 7) is 7.80. The zero-order valence-corrected chi connectivity index (χ0v) is 19.9. The monoisotopic (exact) mass is 478 g/mol. The van der Waals surface area contributed by atoms with Crippen molar-refractivity contribution in [2.75, 3.05) is 16.3 Å². The number of hydrogen-bond donors (Lipinski definition) is 1. The number of nitro groups is 1. The van der Waals surface area contributed by atoms with Gasteiger partial charge >= 0.3 is 6.03 Å². The number of nitrogens with one attached hydrogen (secondary N) is 1. The van der Waals surface area contributed by atoms with Gasteiger partial charge in [0.05, 0.1) is 28.9 Å². The van der Waals surface area contributed by atoms with Crippen LogP contribution in [-0.4, -0.2) is 47.6 Å². The Labute approximate surface area is 202 Å². The molecule has 2 saturated heterocycles. The van der Waals surface area contributed by atoms with Crippen molar-refractivity contribution in [1.82, 2.24) is 5.32 Å². The van der Waals surface area contributed by atoms with Crippen LogP contribution in [0, 0.1) is 29.4 Å². The molecule has 0 aliphatic carbocycles. The number of morpholine rings is 1. The van der Waals surface area contributed by atoms with E-state index in [1.807, 2.05) is 31.7 Å². The first-order valence-electron chi connectivity index (χ1n) is 11.5. The average Bonchev–Trinajstić information content (AvgIpc) is 2.78. The van der Waals surface area contributed by atoms with Crippen molar-refractivity contribution in [1.29, 1.82) is 0 Å². The van der Waals surface area contributed by atoms with Gasteiger partial charge in [0, 0.05) is 30.8 Å². The summed E-state index contributed by atoms with van der Waals surface area (Å²) in [5.74, 6) is -1.37. The van der Waals surface area contributed by atoms with Crippen molar-refractivity contribution in [2.24, 2.45) is 5.41 Å². The Bertz CT molecular complexity index is 1290. The van der Waals surface area contributed by atoms with E-state index in [1.165, 1.54) is 12.1 Å². The number of imide groups is 2. The lowest BCUT2D eigenvalue weighted by Crippen LogP contribution is -2.76. The Hall–Kier alpha value is -3.79. The Kier molecular flexibility index (Phi) is 5.17. The molecule has 0 bridgehead atoms. The van der Waals surface area contributed by atoms with Crippen LogP contribution in [0.5, 0.6) is 0 Å². The summed E-state index contributed by atoms with van der Waals surface area (Å²) in [7, 11) is 0. The molecular formula is C25H26N4O6. The Morgan fingerprint density at radius 3 is 2.49 bits per heavy atom. The highest BCUT2D eigenvalue weighted by molar-refractivity contribution is 6.31. The fourth-order valence-corrected chi connectivity index (χ4v) is 5.90. The maximum Gasteiger partial charge on any atom is 0.335 e. The van der Waals surface area contributed by atoms with Gasteiger partial charge in [0.25, 0.3) is 11.6 Å². The molecule has 4 unspecified atom stereocenters. The quantitative estimate of drug-likeness (QED) is 0.400. The Balaban J connectivity index is 1.72. The number of aryl methyl sites for hydroxylation is 2. The van der Waals surface area contributed by atoms with Crippen LogP contribution in [0.3, 0.4) is 0 Å². The fourth-order valence-electron chi connectivity index (χ4n) is 5.90. The molecule has 3 aliphatic heterocycles. The van der Waals surface area contributed by atoms with Crippen molar-refractivity contribution in [3.63, 3.8) is 0 Å². The van der Waals surface area contributed by atoms with Crippen LogP contribution in [0.25, 0.3) is 0 Å². The normalized spacial score (nSPS) is 28.0. The molecule has 2 aromatic rings. The van der Waals surface area contributed by atoms with Gasteiger partial charge in [0.2, 0.25) is 5.91 Å². The number of amides is 4. The van der Waals surface area contributed by atoms with Crippen LogP contribution in [0.4, 0.5) is 21.9 Å². The first-order chi connectivity index (χ1) is 16.5. The zero-order chi connectivity index (χ0) is 25.2. The summed E-state index contributed by atoms with van der Waals surface area (Å²) in [6.07, 6.45) is -0.809. The molecule has 35 heavy (non-hydrogen) atoms. The number of nitro benzene ring substituents is 1. The molecule has 2 fully saturated rings. The molecule has 1 N–H and O–H groups in total. The van der Waals surface area contributed by atoms with Gasteiger partial charge in [-0.2, -0.15) is 0 Å². The van der Waals surface area contributed by atoms with E-state index < -0.39 is 40.3 Å². The maximum atomic E-state index is 14.3. The van der Waals surface area contributed by atoms with E-state index in [2.05, 4.69) is 5.32 Å². The molecule has 1 spiro atoms. The smallest absolute Gasteiger partial charge is 0.335 e. The van der Waals surface area contributed by atoms with E-state index in [9.17, 15) is 24.5 Å². The predicted octanol–water partition coefficient (Wildman–Crippen LogP) is 3.02. The molecule has 2 aromatic carbocycles. The van der Waals surface area contributed by atoms with Gasteiger partial charge in [-0.05, 0) is 51.0 Å². The third-order valence-corrected chi connectivity index (χ3v) is 7.25. The molecule has 3 aliphatic rings. The number of non-ortho nitro benzene ring substituents is 1. The van der Waals surface area contributed by atoms with Crippen LogP contribution in [0.15, 0.2) is 36.4 Å². The number of nitrogens with zero attached hydrogens (tertiary/aromatic N) is 3. The number of rotatable bonds is 2. The van der Waals surface area contributed by atoms with Crippen molar-refractivity contribution in [3.05, 3.63) is 63.2 Å². The van der Waals surface area contributed by atoms with Crippen molar-refractivity contribution < 1.29 is 24.0 Å². The Morgan fingerprint density at radius 1 is 1.09 bits per heavy atom. The molecule has 182 valence electrons. The summed E-state index contributed by atoms with van der Waals surface area (Å²) < 4.78 is 6.08. The minimum atomic E-state index is -1.72. The lowest BCUT2D eigenvalue weighted by Gasteiger charge is -2.56. The van der Waals surface area contributed by atoms with Gasteiger partial charge in [-0.25, -0.2) is 9.69 Å². The third-order valence-electron chi connectivity index (χ3n) is 7.25. The highest BCUT2D eigenvalue weighted by atomic mass is 16.6. The molecule has 0 saturated carbocycles. The predicted molar refractivity (Wildman–Crippen MR) is 127 cm³/mol. The molecule has 3 heterocycles. The summed E-state index contributed by atoms with van der Waals surface area (Å²) in [6, 6.07) is 8.33. The SMILES string of the molecule is Cc1ccc(N2C(=O)NC(=O)C3(Cc4cc([N+](=O)[O-])ccc4N4CC(C)OC(C)C43)C2=O)c(C)c1.